The van der Waals surface area contributed by atoms with E-state index < -0.39 is 5.97 Å². The van der Waals surface area contributed by atoms with Gasteiger partial charge in [-0.15, -0.1) is 0 Å². The van der Waals surface area contributed by atoms with Crippen LogP contribution in [-0.4, -0.2) is 30.8 Å². The van der Waals surface area contributed by atoms with Gasteiger partial charge in [0, 0.05) is 12.4 Å². The van der Waals surface area contributed by atoms with Gasteiger partial charge in [-0.25, -0.2) is 0 Å². The van der Waals surface area contributed by atoms with Crippen LogP contribution in [0.1, 0.15) is 5.69 Å². The van der Waals surface area contributed by atoms with Crippen LogP contribution >= 0.6 is 15.9 Å². The van der Waals surface area contributed by atoms with Gasteiger partial charge < -0.3 is 5.11 Å². The van der Waals surface area contributed by atoms with Crippen molar-refractivity contribution >= 4 is 21.9 Å². The van der Waals surface area contributed by atoms with Gasteiger partial charge in [0.1, 0.15) is 17.9 Å². The molecule has 0 amide bonds. The van der Waals surface area contributed by atoms with Crippen LogP contribution in [0.25, 0.3) is 11.4 Å². The molecule has 0 unspecified atom stereocenters. The summed E-state index contributed by atoms with van der Waals surface area (Å²) in [5, 5.41) is 13.0. The van der Waals surface area contributed by atoms with Gasteiger partial charge in [-0.3, -0.25) is 19.4 Å². The molecule has 0 radical (unpaired) electrons. The molecule has 0 spiro atoms. The predicted octanol–water partition coefficient (Wildman–Crippen LogP) is 1.50. The van der Waals surface area contributed by atoms with Crippen molar-refractivity contribution in [1.82, 2.24) is 19.7 Å². The molecule has 2 heterocycles. The SMILES string of the molecule is Cc1c(Br)c(-c2cnccn2)nn1CC(=O)O. The number of hydrogen-bond donors (Lipinski definition) is 1. The van der Waals surface area contributed by atoms with Gasteiger partial charge in [0.05, 0.1) is 16.4 Å². The molecule has 7 heteroatoms. The van der Waals surface area contributed by atoms with Crippen LogP contribution in [0.5, 0.6) is 0 Å². The number of rotatable bonds is 3. The summed E-state index contributed by atoms with van der Waals surface area (Å²) in [6.07, 6.45) is 4.71. The summed E-state index contributed by atoms with van der Waals surface area (Å²) >= 11 is 3.38. The van der Waals surface area contributed by atoms with Crippen molar-refractivity contribution < 1.29 is 9.90 Å². The maximum atomic E-state index is 10.7. The van der Waals surface area contributed by atoms with Crippen LogP contribution in [0.2, 0.25) is 0 Å². The second-order valence-corrected chi connectivity index (χ2v) is 4.18. The van der Waals surface area contributed by atoms with Gasteiger partial charge in [0.15, 0.2) is 0 Å². The molecule has 17 heavy (non-hydrogen) atoms. The van der Waals surface area contributed by atoms with E-state index in [0.717, 1.165) is 10.2 Å². The van der Waals surface area contributed by atoms with Crippen molar-refractivity contribution in [3.8, 4) is 11.4 Å². The summed E-state index contributed by atoms with van der Waals surface area (Å²) in [6, 6.07) is 0. The molecular formula is C10H9BrN4O2. The minimum atomic E-state index is -0.936. The molecule has 2 aromatic rings. The topological polar surface area (TPSA) is 80.9 Å². The smallest absolute Gasteiger partial charge is 0.325 e. The van der Waals surface area contributed by atoms with E-state index in [-0.39, 0.29) is 6.54 Å². The lowest BCUT2D eigenvalue weighted by Gasteiger charge is -1.98. The Kier molecular flexibility index (Phi) is 3.19. The molecular weight excluding hydrogens is 288 g/mol. The molecule has 0 aliphatic carbocycles. The Labute approximate surface area is 105 Å². The number of carboxylic acid groups (broad SMARTS) is 1. The molecule has 0 atom stereocenters. The number of nitrogens with zero attached hydrogens (tertiary/aromatic N) is 4. The Balaban J connectivity index is 2.46. The number of aromatic nitrogens is 4. The first-order valence-corrected chi connectivity index (χ1v) is 5.60. The number of carboxylic acids is 1. The molecule has 0 aliphatic rings. The zero-order chi connectivity index (χ0) is 12.4. The van der Waals surface area contributed by atoms with E-state index >= 15 is 0 Å². The molecule has 0 saturated heterocycles. The van der Waals surface area contributed by atoms with Gasteiger partial charge in [0.2, 0.25) is 0 Å². The monoisotopic (exact) mass is 296 g/mol. The Morgan fingerprint density at radius 2 is 2.29 bits per heavy atom. The maximum absolute atomic E-state index is 10.7. The fourth-order valence-electron chi connectivity index (χ4n) is 1.39. The summed E-state index contributed by atoms with van der Waals surface area (Å²) in [4.78, 5) is 18.8. The quantitative estimate of drug-likeness (QED) is 0.928. The minimum Gasteiger partial charge on any atom is -0.480 e. The summed E-state index contributed by atoms with van der Waals surface area (Å²) in [5.74, 6) is -0.936. The number of halogens is 1. The lowest BCUT2D eigenvalue weighted by atomic mass is 10.3. The second-order valence-electron chi connectivity index (χ2n) is 3.39. The first-order valence-electron chi connectivity index (χ1n) is 4.80. The lowest BCUT2D eigenvalue weighted by Crippen LogP contribution is -2.11. The molecule has 2 rings (SSSR count). The highest BCUT2D eigenvalue weighted by Crippen LogP contribution is 2.28. The van der Waals surface area contributed by atoms with Crippen molar-refractivity contribution in [3.05, 3.63) is 28.8 Å². The van der Waals surface area contributed by atoms with Gasteiger partial charge in [-0.05, 0) is 22.9 Å². The van der Waals surface area contributed by atoms with Crippen molar-refractivity contribution in [2.45, 2.75) is 13.5 Å². The molecule has 2 aromatic heterocycles. The van der Waals surface area contributed by atoms with Crippen LogP contribution in [-0.2, 0) is 11.3 Å². The normalized spacial score (nSPS) is 10.5. The van der Waals surface area contributed by atoms with Crippen LogP contribution < -0.4 is 0 Å². The highest BCUT2D eigenvalue weighted by Gasteiger charge is 2.16. The molecule has 88 valence electrons. The van der Waals surface area contributed by atoms with E-state index in [4.69, 9.17) is 5.11 Å². The average Bonchev–Trinajstić information content (AvgIpc) is 2.58. The first kappa shape index (κ1) is 11.7. The van der Waals surface area contributed by atoms with Crippen LogP contribution in [0.15, 0.2) is 23.1 Å². The third-order valence-corrected chi connectivity index (χ3v) is 3.17. The first-order chi connectivity index (χ1) is 8.09. The van der Waals surface area contributed by atoms with Crippen LogP contribution in [0.3, 0.4) is 0 Å². The Hall–Kier alpha value is -1.76. The fourth-order valence-corrected chi connectivity index (χ4v) is 1.88. The minimum absolute atomic E-state index is 0.176. The van der Waals surface area contributed by atoms with E-state index in [9.17, 15) is 4.79 Å². The molecule has 0 fully saturated rings. The number of carbonyl (C=O) groups is 1. The van der Waals surface area contributed by atoms with Crippen molar-refractivity contribution in [1.29, 1.82) is 0 Å². The third kappa shape index (κ3) is 2.33. The van der Waals surface area contributed by atoms with Crippen LogP contribution in [0.4, 0.5) is 0 Å². The Morgan fingerprint density at radius 1 is 1.53 bits per heavy atom. The molecule has 0 aliphatic heterocycles. The van der Waals surface area contributed by atoms with Crippen molar-refractivity contribution in [2.24, 2.45) is 0 Å². The summed E-state index contributed by atoms with van der Waals surface area (Å²) in [5.41, 5.74) is 1.94. The van der Waals surface area contributed by atoms with Gasteiger partial charge in [-0.2, -0.15) is 5.10 Å². The molecule has 0 bridgehead atoms. The zero-order valence-electron chi connectivity index (χ0n) is 8.96. The van der Waals surface area contributed by atoms with Crippen LogP contribution in [0, 0.1) is 6.92 Å². The maximum Gasteiger partial charge on any atom is 0.325 e. The van der Waals surface area contributed by atoms with E-state index in [2.05, 4.69) is 31.0 Å². The number of hydrogen-bond acceptors (Lipinski definition) is 4. The predicted molar refractivity (Wildman–Crippen MR) is 63.3 cm³/mol. The molecule has 0 saturated carbocycles. The second kappa shape index (κ2) is 4.62. The fraction of sp³-hybridized carbons (Fsp3) is 0.200. The Bertz CT molecular complexity index is 553. The summed E-state index contributed by atoms with van der Waals surface area (Å²) in [6.45, 7) is 1.62. The third-order valence-electron chi connectivity index (χ3n) is 2.22. The van der Waals surface area contributed by atoms with Gasteiger partial charge in [-0.1, -0.05) is 0 Å². The van der Waals surface area contributed by atoms with Crippen molar-refractivity contribution in [2.75, 3.05) is 0 Å². The molecule has 1 N–H and O–H groups in total. The summed E-state index contributed by atoms with van der Waals surface area (Å²) in [7, 11) is 0. The largest absolute Gasteiger partial charge is 0.480 e. The van der Waals surface area contributed by atoms with E-state index in [1.807, 2.05) is 0 Å². The van der Waals surface area contributed by atoms with E-state index in [1.54, 1.807) is 25.5 Å². The summed E-state index contributed by atoms with van der Waals surface area (Å²) < 4.78 is 2.15. The Morgan fingerprint density at radius 3 is 2.88 bits per heavy atom. The lowest BCUT2D eigenvalue weighted by molar-refractivity contribution is -0.137. The van der Waals surface area contributed by atoms with Crippen molar-refractivity contribution in [3.63, 3.8) is 0 Å². The standard InChI is InChI=1S/C10H9BrN4O2/c1-6-9(11)10(7-4-12-2-3-13-7)14-15(6)5-8(16)17/h2-4H,5H2,1H3,(H,16,17). The molecule has 0 aromatic carbocycles. The van der Waals surface area contributed by atoms with Gasteiger partial charge in [0.25, 0.3) is 0 Å². The average molecular weight is 297 g/mol. The van der Waals surface area contributed by atoms with Gasteiger partial charge >= 0.3 is 5.97 Å². The molecule has 6 nitrogen and oxygen atoms in total. The highest BCUT2D eigenvalue weighted by atomic mass is 79.9. The van der Waals surface area contributed by atoms with E-state index in [1.165, 1.54) is 4.68 Å². The zero-order valence-corrected chi connectivity index (χ0v) is 10.5. The highest BCUT2D eigenvalue weighted by molar-refractivity contribution is 9.10. The number of aliphatic carboxylic acids is 1. The van der Waals surface area contributed by atoms with E-state index in [0.29, 0.717) is 11.4 Å².